The molecule has 0 spiro atoms. The summed E-state index contributed by atoms with van der Waals surface area (Å²) in [7, 11) is 1.67. The minimum atomic E-state index is 0.606. The summed E-state index contributed by atoms with van der Waals surface area (Å²) in [6, 6.07) is 2.09. The van der Waals surface area contributed by atoms with E-state index in [1.165, 1.54) is 37.7 Å². The van der Waals surface area contributed by atoms with Crippen LogP contribution in [0.25, 0.3) is 0 Å². The van der Waals surface area contributed by atoms with E-state index >= 15 is 0 Å². The summed E-state index contributed by atoms with van der Waals surface area (Å²) in [5.74, 6) is 2.02. The lowest BCUT2D eigenvalue weighted by atomic mass is 9.85. The quantitative estimate of drug-likeness (QED) is 0.800. The molecule has 0 aliphatic heterocycles. The molecule has 0 atom stereocenters. The van der Waals surface area contributed by atoms with Crippen molar-refractivity contribution >= 4 is 0 Å². The molecule has 94 valence electrons. The maximum atomic E-state index is 5.43. The van der Waals surface area contributed by atoms with Gasteiger partial charge in [-0.3, -0.25) is 0 Å². The van der Waals surface area contributed by atoms with Gasteiger partial charge in [0, 0.05) is 6.20 Å². The molecule has 0 saturated heterocycles. The van der Waals surface area contributed by atoms with Crippen LogP contribution < -0.4 is 9.47 Å². The minimum Gasteiger partial charge on any atom is -0.491 e. The Bertz CT molecular complexity index is 359. The number of nitrogens with zero attached hydrogens (tertiary/aromatic N) is 1. The molecule has 0 bridgehead atoms. The van der Waals surface area contributed by atoms with Crippen molar-refractivity contribution in [3.05, 3.63) is 17.8 Å². The highest BCUT2D eigenvalue weighted by atomic mass is 16.5. The highest BCUT2D eigenvalue weighted by Gasteiger charge is 2.18. The average Bonchev–Trinajstić information content (AvgIpc) is 2.40. The molecular formula is C14H21NO2. The molecule has 1 aliphatic carbocycles. The molecule has 3 heteroatoms. The Morgan fingerprint density at radius 2 is 2.06 bits per heavy atom. The van der Waals surface area contributed by atoms with Crippen molar-refractivity contribution in [3.8, 4) is 11.6 Å². The van der Waals surface area contributed by atoms with Crippen LogP contribution in [0.1, 0.15) is 50.5 Å². The van der Waals surface area contributed by atoms with Gasteiger partial charge in [0.25, 0.3) is 5.88 Å². The van der Waals surface area contributed by atoms with Crippen LogP contribution in [0.3, 0.4) is 0 Å². The van der Waals surface area contributed by atoms with Gasteiger partial charge < -0.3 is 9.47 Å². The Morgan fingerprint density at radius 1 is 1.29 bits per heavy atom. The number of methoxy groups -OCH3 is 1. The predicted molar refractivity (Wildman–Crippen MR) is 67.8 cm³/mol. The Kier molecular flexibility index (Phi) is 4.24. The summed E-state index contributed by atoms with van der Waals surface area (Å²) < 4.78 is 10.8. The van der Waals surface area contributed by atoms with Crippen LogP contribution in [0.2, 0.25) is 0 Å². The van der Waals surface area contributed by atoms with E-state index in [0.717, 1.165) is 5.75 Å². The number of rotatable bonds is 4. The fourth-order valence-corrected chi connectivity index (χ4v) is 2.50. The van der Waals surface area contributed by atoms with Crippen LogP contribution in [-0.2, 0) is 0 Å². The SMILES string of the molecule is CCOc1ncc(C2CCCCC2)cc1OC. The van der Waals surface area contributed by atoms with Crippen molar-refractivity contribution in [2.24, 2.45) is 0 Å². The predicted octanol–water partition coefficient (Wildman–Crippen LogP) is 3.54. The van der Waals surface area contributed by atoms with E-state index in [9.17, 15) is 0 Å². The van der Waals surface area contributed by atoms with Gasteiger partial charge in [0.05, 0.1) is 13.7 Å². The maximum absolute atomic E-state index is 5.43. The van der Waals surface area contributed by atoms with Gasteiger partial charge in [-0.15, -0.1) is 0 Å². The van der Waals surface area contributed by atoms with Gasteiger partial charge in [-0.05, 0) is 37.3 Å². The Labute approximate surface area is 103 Å². The fourth-order valence-electron chi connectivity index (χ4n) is 2.50. The number of hydrogen-bond donors (Lipinski definition) is 0. The van der Waals surface area contributed by atoms with Crippen LogP contribution in [-0.4, -0.2) is 18.7 Å². The molecule has 0 N–H and O–H groups in total. The van der Waals surface area contributed by atoms with E-state index in [1.807, 2.05) is 13.1 Å². The molecule has 2 rings (SSSR count). The third-order valence-electron chi connectivity index (χ3n) is 3.42. The molecule has 1 aromatic heterocycles. The average molecular weight is 235 g/mol. The van der Waals surface area contributed by atoms with Crippen LogP contribution >= 0.6 is 0 Å². The molecule has 0 aromatic carbocycles. The number of ether oxygens (including phenoxy) is 2. The molecule has 1 saturated carbocycles. The normalized spacial score (nSPS) is 16.8. The van der Waals surface area contributed by atoms with Gasteiger partial charge >= 0.3 is 0 Å². The second kappa shape index (κ2) is 5.89. The lowest BCUT2D eigenvalue weighted by molar-refractivity contribution is 0.297. The molecule has 3 nitrogen and oxygen atoms in total. The van der Waals surface area contributed by atoms with Crippen molar-refractivity contribution in [3.63, 3.8) is 0 Å². The van der Waals surface area contributed by atoms with Gasteiger partial charge in [-0.1, -0.05) is 19.3 Å². The first-order valence-corrected chi connectivity index (χ1v) is 6.52. The summed E-state index contributed by atoms with van der Waals surface area (Å²) in [5.41, 5.74) is 1.30. The Balaban J connectivity index is 2.17. The highest BCUT2D eigenvalue weighted by molar-refractivity contribution is 5.37. The first-order valence-electron chi connectivity index (χ1n) is 6.52. The largest absolute Gasteiger partial charge is 0.491 e. The molecule has 1 aromatic rings. The van der Waals surface area contributed by atoms with E-state index in [4.69, 9.17) is 9.47 Å². The minimum absolute atomic E-state index is 0.606. The summed E-state index contributed by atoms with van der Waals surface area (Å²) >= 11 is 0. The van der Waals surface area contributed by atoms with Crippen molar-refractivity contribution in [2.75, 3.05) is 13.7 Å². The first-order chi connectivity index (χ1) is 8.35. The second-order valence-corrected chi connectivity index (χ2v) is 4.54. The van der Waals surface area contributed by atoms with E-state index in [0.29, 0.717) is 18.4 Å². The molecule has 0 amide bonds. The van der Waals surface area contributed by atoms with E-state index in [2.05, 4.69) is 11.1 Å². The molecular weight excluding hydrogens is 214 g/mol. The van der Waals surface area contributed by atoms with Crippen molar-refractivity contribution in [1.29, 1.82) is 0 Å². The maximum Gasteiger partial charge on any atom is 0.256 e. The van der Waals surface area contributed by atoms with Crippen LogP contribution in [0.15, 0.2) is 12.3 Å². The first kappa shape index (κ1) is 12.2. The van der Waals surface area contributed by atoms with Gasteiger partial charge in [0.1, 0.15) is 0 Å². The van der Waals surface area contributed by atoms with E-state index in [-0.39, 0.29) is 0 Å². The number of hydrogen-bond acceptors (Lipinski definition) is 3. The lowest BCUT2D eigenvalue weighted by Gasteiger charge is -2.22. The second-order valence-electron chi connectivity index (χ2n) is 4.54. The molecule has 1 heterocycles. The van der Waals surface area contributed by atoms with Crippen LogP contribution in [0.4, 0.5) is 0 Å². The standard InChI is InChI=1S/C14H21NO2/c1-3-17-14-13(16-2)9-12(10-15-14)11-7-5-4-6-8-11/h9-11H,3-8H2,1-2H3. The van der Waals surface area contributed by atoms with Crippen molar-refractivity contribution in [1.82, 2.24) is 4.98 Å². The van der Waals surface area contributed by atoms with Crippen LogP contribution in [0.5, 0.6) is 11.6 Å². The zero-order valence-electron chi connectivity index (χ0n) is 10.7. The summed E-state index contributed by atoms with van der Waals surface area (Å²) in [5, 5.41) is 0. The summed E-state index contributed by atoms with van der Waals surface area (Å²) in [6.07, 6.45) is 8.54. The zero-order chi connectivity index (χ0) is 12.1. The Morgan fingerprint density at radius 3 is 2.71 bits per heavy atom. The third-order valence-corrected chi connectivity index (χ3v) is 3.42. The summed E-state index contributed by atoms with van der Waals surface area (Å²) in [6.45, 7) is 2.57. The summed E-state index contributed by atoms with van der Waals surface area (Å²) in [4.78, 5) is 4.37. The fraction of sp³-hybridized carbons (Fsp3) is 0.643. The molecule has 1 aliphatic rings. The third kappa shape index (κ3) is 2.90. The molecule has 1 fully saturated rings. The molecule has 0 radical (unpaired) electrons. The van der Waals surface area contributed by atoms with E-state index in [1.54, 1.807) is 7.11 Å². The Hall–Kier alpha value is -1.25. The zero-order valence-corrected chi connectivity index (χ0v) is 10.7. The smallest absolute Gasteiger partial charge is 0.256 e. The molecule has 0 unspecified atom stereocenters. The van der Waals surface area contributed by atoms with Crippen molar-refractivity contribution in [2.45, 2.75) is 44.9 Å². The van der Waals surface area contributed by atoms with Crippen LogP contribution in [0, 0.1) is 0 Å². The highest BCUT2D eigenvalue weighted by Crippen LogP contribution is 2.35. The van der Waals surface area contributed by atoms with Gasteiger partial charge in [-0.25, -0.2) is 4.98 Å². The van der Waals surface area contributed by atoms with E-state index < -0.39 is 0 Å². The number of aromatic nitrogens is 1. The van der Waals surface area contributed by atoms with Gasteiger partial charge in [0.2, 0.25) is 0 Å². The van der Waals surface area contributed by atoms with Gasteiger partial charge in [0.15, 0.2) is 5.75 Å². The van der Waals surface area contributed by atoms with Gasteiger partial charge in [-0.2, -0.15) is 0 Å². The van der Waals surface area contributed by atoms with Crippen molar-refractivity contribution < 1.29 is 9.47 Å². The number of pyridine rings is 1. The topological polar surface area (TPSA) is 31.4 Å². The monoisotopic (exact) mass is 235 g/mol. The lowest BCUT2D eigenvalue weighted by Crippen LogP contribution is -2.06. The molecule has 17 heavy (non-hydrogen) atoms.